The van der Waals surface area contributed by atoms with Crippen molar-refractivity contribution >= 4 is 11.6 Å². The normalized spacial score (nSPS) is 35.3. The average Bonchev–Trinajstić information content (AvgIpc) is 3.14. The van der Waals surface area contributed by atoms with Crippen LogP contribution in [0.25, 0.3) is 0 Å². The molecule has 2 aliphatic heterocycles. The second-order valence-electron chi connectivity index (χ2n) is 8.65. The van der Waals surface area contributed by atoms with Crippen molar-refractivity contribution in [2.24, 2.45) is 5.41 Å². The minimum absolute atomic E-state index is 0.0809. The molecule has 2 saturated heterocycles. The smallest absolute Gasteiger partial charge is 0.140 e. The van der Waals surface area contributed by atoms with E-state index in [0.717, 1.165) is 32.1 Å². The maximum Gasteiger partial charge on any atom is 0.140 e. The first kappa shape index (κ1) is 19.6. The number of fused-ring (bicyclic) bond motifs is 1. The largest absolute Gasteiger partial charge is 0.375 e. The van der Waals surface area contributed by atoms with Crippen LogP contribution in [0, 0.1) is 5.41 Å². The van der Waals surface area contributed by atoms with Crippen LogP contribution in [0.3, 0.4) is 0 Å². The standard InChI is InChI=1S/C20H34O4/c1-18(2)19(3,4)23-13-8-6-7-10-15(21)14-16(22)11-9-12-17-20(18,5)24-17/h17H,6-14H2,1-5H3. The van der Waals surface area contributed by atoms with E-state index in [1.54, 1.807) is 0 Å². The highest BCUT2D eigenvalue weighted by atomic mass is 16.6. The highest BCUT2D eigenvalue weighted by Gasteiger charge is 2.65. The number of carbonyl (C=O) groups is 2. The third-order valence-electron chi connectivity index (χ3n) is 6.57. The molecule has 138 valence electrons. The Hall–Kier alpha value is -0.740. The molecule has 0 aromatic heterocycles. The molecular weight excluding hydrogens is 304 g/mol. The van der Waals surface area contributed by atoms with Crippen LogP contribution >= 0.6 is 0 Å². The Bertz CT molecular complexity index is 480. The first-order chi connectivity index (χ1) is 11.1. The summed E-state index contributed by atoms with van der Waals surface area (Å²) in [5, 5.41) is 0. The van der Waals surface area contributed by atoms with Crippen LogP contribution in [0.4, 0.5) is 0 Å². The fourth-order valence-electron chi connectivity index (χ4n) is 3.73. The molecule has 2 aliphatic rings. The maximum atomic E-state index is 11.9. The van der Waals surface area contributed by atoms with E-state index in [1.807, 2.05) is 0 Å². The van der Waals surface area contributed by atoms with E-state index < -0.39 is 0 Å². The molecule has 2 unspecified atom stereocenters. The topological polar surface area (TPSA) is 55.9 Å². The van der Waals surface area contributed by atoms with Gasteiger partial charge in [0.1, 0.15) is 11.6 Å². The number of hydrogen-bond acceptors (Lipinski definition) is 4. The number of Topliss-reactive ketones (excluding diaryl/α,β-unsaturated/α-hetero) is 2. The van der Waals surface area contributed by atoms with E-state index in [4.69, 9.17) is 9.47 Å². The van der Waals surface area contributed by atoms with Crippen LogP contribution in [0.2, 0.25) is 0 Å². The van der Waals surface area contributed by atoms with Gasteiger partial charge in [-0.1, -0.05) is 20.3 Å². The van der Waals surface area contributed by atoms with Crippen LogP contribution in [-0.2, 0) is 19.1 Å². The summed E-state index contributed by atoms with van der Waals surface area (Å²) >= 11 is 0. The van der Waals surface area contributed by atoms with Crippen LogP contribution < -0.4 is 0 Å². The van der Waals surface area contributed by atoms with Gasteiger partial charge in [-0.15, -0.1) is 0 Å². The Balaban J connectivity index is 2.04. The van der Waals surface area contributed by atoms with Gasteiger partial charge in [0.15, 0.2) is 0 Å². The van der Waals surface area contributed by atoms with E-state index >= 15 is 0 Å². The zero-order valence-electron chi connectivity index (χ0n) is 16.1. The lowest BCUT2D eigenvalue weighted by Crippen LogP contribution is -2.51. The Kier molecular flexibility index (Phi) is 5.91. The summed E-state index contributed by atoms with van der Waals surface area (Å²) < 4.78 is 12.3. The van der Waals surface area contributed by atoms with Crippen molar-refractivity contribution in [3.8, 4) is 0 Å². The van der Waals surface area contributed by atoms with Crippen LogP contribution in [-0.4, -0.2) is 35.5 Å². The Morgan fingerprint density at radius 2 is 1.50 bits per heavy atom. The van der Waals surface area contributed by atoms with Gasteiger partial charge < -0.3 is 9.47 Å². The van der Waals surface area contributed by atoms with Gasteiger partial charge in [-0.25, -0.2) is 0 Å². The first-order valence-corrected chi connectivity index (χ1v) is 9.45. The van der Waals surface area contributed by atoms with E-state index in [2.05, 4.69) is 34.6 Å². The zero-order chi connectivity index (χ0) is 18.0. The van der Waals surface area contributed by atoms with Crippen LogP contribution in [0.15, 0.2) is 0 Å². The van der Waals surface area contributed by atoms with Crippen molar-refractivity contribution in [3.05, 3.63) is 0 Å². The predicted molar refractivity (Wildman–Crippen MR) is 94.0 cm³/mol. The summed E-state index contributed by atoms with van der Waals surface area (Å²) in [5.41, 5.74) is -0.632. The van der Waals surface area contributed by atoms with Crippen molar-refractivity contribution in [1.29, 1.82) is 0 Å². The maximum absolute atomic E-state index is 11.9. The SMILES string of the molecule is CC1(C)OCCCCCC(=O)CC(=O)CCCC2OC2(C)C1(C)C. The Morgan fingerprint density at radius 1 is 0.875 bits per heavy atom. The molecule has 4 heteroatoms. The fourth-order valence-corrected chi connectivity index (χ4v) is 3.73. The van der Waals surface area contributed by atoms with E-state index in [1.165, 1.54) is 0 Å². The average molecular weight is 338 g/mol. The van der Waals surface area contributed by atoms with Gasteiger partial charge in [-0.3, -0.25) is 9.59 Å². The molecule has 0 spiro atoms. The fraction of sp³-hybridized carbons (Fsp3) is 0.900. The quantitative estimate of drug-likeness (QED) is 0.490. The van der Waals surface area contributed by atoms with Gasteiger partial charge in [0.05, 0.1) is 23.7 Å². The molecule has 0 aromatic carbocycles. The number of ether oxygens (including phenoxy) is 2. The van der Waals surface area contributed by atoms with Gasteiger partial charge in [0.25, 0.3) is 0 Å². The van der Waals surface area contributed by atoms with Gasteiger partial charge >= 0.3 is 0 Å². The number of hydrogen-bond donors (Lipinski definition) is 0. The van der Waals surface area contributed by atoms with Crippen LogP contribution in [0.5, 0.6) is 0 Å². The third-order valence-corrected chi connectivity index (χ3v) is 6.57. The second-order valence-corrected chi connectivity index (χ2v) is 8.65. The summed E-state index contributed by atoms with van der Waals surface area (Å²) in [6, 6.07) is 0. The van der Waals surface area contributed by atoms with Crippen LogP contribution in [0.1, 0.15) is 86.0 Å². The van der Waals surface area contributed by atoms with Gasteiger partial charge in [-0.05, 0) is 46.5 Å². The number of carbonyl (C=O) groups excluding carboxylic acids is 2. The zero-order valence-corrected chi connectivity index (χ0v) is 16.1. The summed E-state index contributed by atoms with van der Waals surface area (Å²) in [4.78, 5) is 23.8. The summed E-state index contributed by atoms with van der Waals surface area (Å²) in [6.45, 7) is 11.6. The molecule has 2 fully saturated rings. The number of epoxide rings is 1. The Labute approximate surface area is 146 Å². The van der Waals surface area contributed by atoms with Gasteiger partial charge in [-0.2, -0.15) is 0 Å². The molecule has 0 aliphatic carbocycles. The lowest BCUT2D eigenvalue weighted by atomic mass is 9.66. The first-order valence-electron chi connectivity index (χ1n) is 9.45. The molecule has 0 radical (unpaired) electrons. The molecule has 4 nitrogen and oxygen atoms in total. The summed E-state index contributed by atoms with van der Waals surface area (Å²) in [5.74, 6) is 0.166. The van der Waals surface area contributed by atoms with Crippen molar-refractivity contribution in [3.63, 3.8) is 0 Å². The molecule has 2 rings (SSSR count). The molecule has 0 saturated carbocycles. The second kappa shape index (κ2) is 7.25. The predicted octanol–water partition coefficient (Wildman–Crippen LogP) is 4.24. The van der Waals surface area contributed by atoms with E-state index in [-0.39, 0.29) is 40.7 Å². The number of rotatable bonds is 0. The molecule has 0 aromatic rings. The highest BCUT2D eigenvalue weighted by Crippen LogP contribution is 2.57. The van der Waals surface area contributed by atoms with Gasteiger partial charge in [0, 0.05) is 24.9 Å². The minimum atomic E-state index is -0.292. The molecule has 0 N–H and O–H groups in total. The molecule has 24 heavy (non-hydrogen) atoms. The van der Waals surface area contributed by atoms with Crippen molar-refractivity contribution < 1.29 is 19.1 Å². The summed E-state index contributed by atoms with van der Waals surface area (Å²) in [6.07, 6.45) is 5.72. The van der Waals surface area contributed by atoms with Crippen molar-refractivity contribution in [2.75, 3.05) is 6.61 Å². The lowest BCUT2D eigenvalue weighted by Gasteiger charge is -2.44. The molecule has 2 atom stereocenters. The lowest BCUT2D eigenvalue weighted by molar-refractivity contribution is -0.128. The summed E-state index contributed by atoms with van der Waals surface area (Å²) in [7, 11) is 0. The van der Waals surface area contributed by atoms with Crippen molar-refractivity contribution in [2.45, 2.75) is 103 Å². The monoisotopic (exact) mass is 338 g/mol. The van der Waals surface area contributed by atoms with Crippen molar-refractivity contribution in [1.82, 2.24) is 0 Å². The van der Waals surface area contributed by atoms with E-state index in [9.17, 15) is 9.59 Å². The Morgan fingerprint density at radius 3 is 2.17 bits per heavy atom. The molecule has 2 heterocycles. The number of ketones is 2. The highest BCUT2D eigenvalue weighted by molar-refractivity contribution is 5.98. The third kappa shape index (κ3) is 4.08. The molecule has 0 bridgehead atoms. The molecule has 0 amide bonds. The van der Waals surface area contributed by atoms with E-state index in [0.29, 0.717) is 19.4 Å². The molecular formula is C20H34O4. The van der Waals surface area contributed by atoms with Gasteiger partial charge in [0.2, 0.25) is 0 Å². The minimum Gasteiger partial charge on any atom is -0.375 e.